The van der Waals surface area contributed by atoms with E-state index in [1.807, 2.05) is 12.1 Å². The molecule has 0 atom stereocenters. The maximum atomic E-state index is 13.7. The van der Waals surface area contributed by atoms with Gasteiger partial charge in [-0.1, -0.05) is 43.7 Å². The third-order valence-corrected chi connectivity index (χ3v) is 3.61. The maximum Gasteiger partial charge on any atom is 0.197 e. The largest absolute Gasteiger partial charge is 0.288 e. The molecule has 0 aliphatic carbocycles. The third kappa shape index (κ3) is 3.10. The number of hydrogen-bond donors (Lipinski definition) is 0. The summed E-state index contributed by atoms with van der Waals surface area (Å²) in [6.07, 6.45) is 2.05. The molecule has 98 valence electrons. The standard InChI is InChI=1S/C16H14BrFO/c1-2-4-11-7-9-12(10-8-11)16(19)15-13(17)5-3-6-14(15)18/h3,5-10H,2,4H2,1H3. The molecular formula is C16H14BrFO. The Morgan fingerprint density at radius 1 is 1.16 bits per heavy atom. The molecular weight excluding hydrogens is 307 g/mol. The summed E-state index contributed by atoms with van der Waals surface area (Å²) in [5.74, 6) is -0.801. The van der Waals surface area contributed by atoms with Crippen LogP contribution >= 0.6 is 15.9 Å². The van der Waals surface area contributed by atoms with Gasteiger partial charge in [-0.3, -0.25) is 4.79 Å². The summed E-state index contributed by atoms with van der Waals surface area (Å²) in [5, 5.41) is 0. The predicted molar refractivity (Wildman–Crippen MR) is 78.0 cm³/mol. The van der Waals surface area contributed by atoms with E-state index in [9.17, 15) is 9.18 Å². The smallest absolute Gasteiger partial charge is 0.197 e. The van der Waals surface area contributed by atoms with Crippen LogP contribution in [0.25, 0.3) is 0 Å². The molecule has 0 fully saturated rings. The maximum absolute atomic E-state index is 13.7. The second-order valence-electron chi connectivity index (χ2n) is 4.37. The normalized spacial score (nSPS) is 10.5. The number of ketones is 1. The average Bonchev–Trinajstić information content (AvgIpc) is 2.39. The van der Waals surface area contributed by atoms with Crippen LogP contribution in [0.2, 0.25) is 0 Å². The lowest BCUT2D eigenvalue weighted by Gasteiger charge is -2.06. The SMILES string of the molecule is CCCc1ccc(C(=O)c2c(F)cccc2Br)cc1. The van der Waals surface area contributed by atoms with Gasteiger partial charge in [0.1, 0.15) is 5.82 Å². The fraction of sp³-hybridized carbons (Fsp3) is 0.188. The van der Waals surface area contributed by atoms with Crippen molar-refractivity contribution in [1.29, 1.82) is 0 Å². The minimum absolute atomic E-state index is 0.0886. The first-order chi connectivity index (χ1) is 9.13. The summed E-state index contributed by atoms with van der Waals surface area (Å²) in [7, 11) is 0. The van der Waals surface area contributed by atoms with E-state index >= 15 is 0 Å². The molecule has 2 aromatic rings. The van der Waals surface area contributed by atoms with Gasteiger partial charge in [0.15, 0.2) is 5.78 Å². The van der Waals surface area contributed by atoms with Crippen molar-refractivity contribution in [3.8, 4) is 0 Å². The Morgan fingerprint density at radius 2 is 1.84 bits per heavy atom. The summed E-state index contributed by atoms with van der Waals surface area (Å²) >= 11 is 3.22. The van der Waals surface area contributed by atoms with Crippen LogP contribution in [-0.2, 0) is 6.42 Å². The van der Waals surface area contributed by atoms with Crippen molar-refractivity contribution < 1.29 is 9.18 Å². The van der Waals surface area contributed by atoms with Gasteiger partial charge >= 0.3 is 0 Å². The molecule has 0 unspecified atom stereocenters. The number of carbonyl (C=O) groups excluding carboxylic acids is 1. The van der Waals surface area contributed by atoms with Crippen LogP contribution in [0.5, 0.6) is 0 Å². The van der Waals surface area contributed by atoms with Gasteiger partial charge in [0.05, 0.1) is 5.56 Å². The van der Waals surface area contributed by atoms with E-state index in [1.165, 1.54) is 11.6 Å². The highest BCUT2D eigenvalue weighted by Crippen LogP contribution is 2.23. The van der Waals surface area contributed by atoms with Crippen molar-refractivity contribution in [2.45, 2.75) is 19.8 Å². The van der Waals surface area contributed by atoms with E-state index in [-0.39, 0.29) is 11.3 Å². The van der Waals surface area contributed by atoms with Gasteiger partial charge in [0, 0.05) is 10.0 Å². The van der Waals surface area contributed by atoms with E-state index in [2.05, 4.69) is 22.9 Å². The molecule has 0 N–H and O–H groups in total. The van der Waals surface area contributed by atoms with Crippen molar-refractivity contribution in [2.75, 3.05) is 0 Å². The zero-order valence-corrected chi connectivity index (χ0v) is 12.2. The van der Waals surface area contributed by atoms with Gasteiger partial charge < -0.3 is 0 Å². The van der Waals surface area contributed by atoms with Gasteiger partial charge in [0.25, 0.3) is 0 Å². The summed E-state index contributed by atoms with van der Waals surface area (Å²) in [4.78, 5) is 12.3. The fourth-order valence-electron chi connectivity index (χ4n) is 1.97. The summed E-state index contributed by atoms with van der Waals surface area (Å²) < 4.78 is 14.2. The lowest BCUT2D eigenvalue weighted by molar-refractivity contribution is 0.103. The van der Waals surface area contributed by atoms with Crippen molar-refractivity contribution in [3.05, 3.63) is 69.4 Å². The number of halogens is 2. The number of hydrogen-bond acceptors (Lipinski definition) is 1. The molecule has 3 heteroatoms. The first kappa shape index (κ1) is 13.9. The summed E-state index contributed by atoms with van der Waals surface area (Å²) in [5.41, 5.74) is 1.78. The van der Waals surface area contributed by atoms with Crippen molar-refractivity contribution >= 4 is 21.7 Å². The molecule has 19 heavy (non-hydrogen) atoms. The first-order valence-corrected chi connectivity index (χ1v) is 7.00. The van der Waals surface area contributed by atoms with Crippen molar-refractivity contribution in [3.63, 3.8) is 0 Å². The van der Waals surface area contributed by atoms with E-state index < -0.39 is 5.82 Å². The van der Waals surface area contributed by atoms with Crippen molar-refractivity contribution in [2.24, 2.45) is 0 Å². The number of rotatable bonds is 4. The van der Waals surface area contributed by atoms with Gasteiger partial charge in [-0.05, 0) is 40.0 Å². The van der Waals surface area contributed by atoms with Crippen LogP contribution in [0.4, 0.5) is 4.39 Å². The number of benzene rings is 2. The Morgan fingerprint density at radius 3 is 2.42 bits per heavy atom. The Hall–Kier alpha value is -1.48. The molecule has 2 aromatic carbocycles. The molecule has 0 aliphatic rings. The molecule has 0 saturated carbocycles. The second-order valence-corrected chi connectivity index (χ2v) is 5.23. The Labute approximate surface area is 120 Å². The predicted octanol–water partition coefficient (Wildman–Crippen LogP) is 4.77. The zero-order chi connectivity index (χ0) is 13.8. The Bertz CT molecular complexity index is 570. The van der Waals surface area contributed by atoms with Crippen LogP contribution in [0, 0.1) is 5.82 Å². The van der Waals surface area contributed by atoms with Crippen LogP contribution in [0.3, 0.4) is 0 Å². The molecule has 0 amide bonds. The fourth-order valence-corrected chi connectivity index (χ4v) is 2.49. The average molecular weight is 321 g/mol. The minimum atomic E-state index is -0.503. The monoisotopic (exact) mass is 320 g/mol. The zero-order valence-electron chi connectivity index (χ0n) is 10.6. The van der Waals surface area contributed by atoms with E-state index in [4.69, 9.17) is 0 Å². The molecule has 2 rings (SSSR count). The summed E-state index contributed by atoms with van der Waals surface area (Å²) in [6.45, 7) is 2.11. The first-order valence-electron chi connectivity index (χ1n) is 6.21. The summed E-state index contributed by atoms with van der Waals surface area (Å²) in [6, 6.07) is 11.9. The molecule has 0 bridgehead atoms. The van der Waals surface area contributed by atoms with Crippen molar-refractivity contribution in [1.82, 2.24) is 0 Å². The highest BCUT2D eigenvalue weighted by Gasteiger charge is 2.16. The topological polar surface area (TPSA) is 17.1 Å². The highest BCUT2D eigenvalue weighted by atomic mass is 79.9. The van der Waals surface area contributed by atoms with Gasteiger partial charge in [-0.2, -0.15) is 0 Å². The molecule has 0 saturated heterocycles. The van der Waals surface area contributed by atoms with Gasteiger partial charge in [-0.25, -0.2) is 4.39 Å². The van der Waals surface area contributed by atoms with Crippen LogP contribution in [0.1, 0.15) is 34.8 Å². The molecule has 0 aliphatic heterocycles. The number of aryl methyl sites for hydroxylation is 1. The van der Waals surface area contributed by atoms with E-state index in [0.717, 1.165) is 12.8 Å². The molecule has 0 heterocycles. The highest BCUT2D eigenvalue weighted by molar-refractivity contribution is 9.10. The quantitative estimate of drug-likeness (QED) is 0.741. The van der Waals surface area contributed by atoms with Gasteiger partial charge in [-0.15, -0.1) is 0 Å². The lowest BCUT2D eigenvalue weighted by atomic mass is 10.0. The van der Waals surface area contributed by atoms with E-state index in [1.54, 1.807) is 24.3 Å². The number of carbonyl (C=O) groups is 1. The molecule has 1 nitrogen and oxygen atoms in total. The third-order valence-electron chi connectivity index (χ3n) is 2.94. The van der Waals surface area contributed by atoms with Gasteiger partial charge in [0.2, 0.25) is 0 Å². The minimum Gasteiger partial charge on any atom is -0.288 e. The Balaban J connectivity index is 2.34. The second kappa shape index (κ2) is 6.11. The Kier molecular flexibility index (Phi) is 4.48. The van der Waals surface area contributed by atoms with E-state index in [0.29, 0.717) is 10.0 Å². The molecule has 0 aromatic heterocycles. The lowest BCUT2D eigenvalue weighted by Crippen LogP contribution is -2.05. The van der Waals surface area contributed by atoms with Crippen LogP contribution in [-0.4, -0.2) is 5.78 Å². The molecule has 0 spiro atoms. The van der Waals surface area contributed by atoms with Crippen LogP contribution in [0.15, 0.2) is 46.9 Å². The molecule has 0 radical (unpaired) electrons. The van der Waals surface area contributed by atoms with Crippen LogP contribution < -0.4 is 0 Å².